The Kier molecular flexibility index (Phi) is 3.59. The molecule has 13 heavy (non-hydrogen) atoms. The van der Waals surface area contributed by atoms with Gasteiger partial charge in [-0.1, -0.05) is 0 Å². The standard InChI is InChI=1S/C9H13NO2S/c1-6-3-4-8(13-6)9(11)7(10)5-12-2/h3-4,7H,5,10H2,1-2H3. The van der Waals surface area contributed by atoms with Crippen LogP contribution in [0.2, 0.25) is 0 Å². The van der Waals surface area contributed by atoms with Crippen LogP contribution in [0.15, 0.2) is 12.1 Å². The Morgan fingerprint density at radius 1 is 1.69 bits per heavy atom. The monoisotopic (exact) mass is 199 g/mol. The lowest BCUT2D eigenvalue weighted by Crippen LogP contribution is -2.34. The molecule has 2 N–H and O–H groups in total. The molecule has 0 bridgehead atoms. The zero-order valence-corrected chi connectivity index (χ0v) is 8.56. The zero-order chi connectivity index (χ0) is 9.84. The number of hydrogen-bond acceptors (Lipinski definition) is 4. The van der Waals surface area contributed by atoms with Gasteiger partial charge in [0.1, 0.15) is 0 Å². The predicted molar refractivity (Wildman–Crippen MR) is 53.2 cm³/mol. The van der Waals surface area contributed by atoms with Crippen LogP contribution >= 0.6 is 11.3 Å². The highest BCUT2D eigenvalue weighted by Gasteiger charge is 2.16. The molecule has 1 aromatic rings. The number of methoxy groups -OCH3 is 1. The molecule has 3 nitrogen and oxygen atoms in total. The van der Waals surface area contributed by atoms with E-state index in [1.54, 1.807) is 6.07 Å². The van der Waals surface area contributed by atoms with Crippen LogP contribution in [0.3, 0.4) is 0 Å². The van der Waals surface area contributed by atoms with Crippen molar-refractivity contribution in [3.63, 3.8) is 0 Å². The molecule has 0 amide bonds. The van der Waals surface area contributed by atoms with Crippen LogP contribution in [0, 0.1) is 6.92 Å². The summed E-state index contributed by atoms with van der Waals surface area (Å²) in [6.07, 6.45) is 0. The zero-order valence-electron chi connectivity index (χ0n) is 7.74. The highest BCUT2D eigenvalue weighted by Crippen LogP contribution is 2.16. The molecule has 0 saturated heterocycles. The first kappa shape index (κ1) is 10.4. The van der Waals surface area contributed by atoms with Gasteiger partial charge in [0.15, 0.2) is 5.78 Å². The quantitative estimate of drug-likeness (QED) is 0.742. The molecule has 1 aromatic heterocycles. The molecule has 0 saturated carbocycles. The smallest absolute Gasteiger partial charge is 0.191 e. The Bertz CT molecular complexity index is 296. The van der Waals surface area contributed by atoms with E-state index < -0.39 is 6.04 Å². The lowest BCUT2D eigenvalue weighted by molar-refractivity contribution is 0.0896. The topological polar surface area (TPSA) is 52.3 Å². The summed E-state index contributed by atoms with van der Waals surface area (Å²) >= 11 is 1.46. The molecule has 0 aliphatic rings. The maximum atomic E-state index is 11.6. The highest BCUT2D eigenvalue weighted by atomic mass is 32.1. The van der Waals surface area contributed by atoms with Crippen molar-refractivity contribution in [3.8, 4) is 0 Å². The van der Waals surface area contributed by atoms with Gasteiger partial charge < -0.3 is 10.5 Å². The third-order valence-electron chi connectivity index (χ3n) is 1.67. The van der Waals surface area contributed by atoms with E-state index >= 15 is 0 Å². The van der Waals surface area contributed by atoms with Crippen molar-refractivity contribution >= 4 is 17.1 Å². The number of nitrogens with two attached hydrogens (primary N) is 1. The largest absolute Gasteiger partial charge is 0.383 e. The summed E-state index contributed by atoms with van der Waals surface area (Å²) in [5.74, 6) is -0.0417. The van der Waals surface area contributed by atoms with Crippen molar-refractivity contribution in [2.24, 2.45) is 5.73 Å². The van der Waals surface area contributed by atoms with Gasteiger partial charge in [0, 0.05) is 12.0 Å². The number of carbonyl (C=O) groups excluding carboxylic acids is 1. The number of ether oxygens (including phenoxy) is 1. The Balaban J connectivity index is 2.67. The van der Waals surface area contributed by atoms with Gasteiger partial charge in [0.25, 0.3) is 0 Å². The molecule has 0 spiro atoms. The minimum Gasteiger partial charge on any atom is -0.383 e. The number of rotatable bonds is 4. The van der Waals surface area contributed by atoms with E-state index in [1.807, 2.05) is 13.0 Å². The molecule has 1 atom stereocenters. The Morgan fingerprint density at radius 2 is 2.38 bits per heavy atom. The summed E-state index contributed by atoms with van der Waals surface area (Å²) < 4.78 is 4.81. The van der Waals surface area contributed by atoms with Crippen LogP contribution in [0.4, 0.5) is 0 Å². The second kappa shape index (κ2) is 4.50. The highest BCUT2D eigenvalue weighted by molar-refractivity contribution is 7.14. The fourth-order valence-electron chi connectivity index (χ4n) is 1.00. The molecular weight excluding hydrogens is 186 g/mol. The molecular formula is C9H13NO2S. The van der Waals surface area contributed by atoms with E-state index in [9.17, 15) is 4.79 Å². The number of aryl methyl sites for hydroxylation is 1. The summed E-state index contributed by atoms with van der Waals surface area (Å²) in [5, 5.41) is 0. The van der Waals surface area contributed by atoms with E-state index in [2.05, 4.69) is 0 Å². The average Bonchev–Trinajstić information content (AvgIpc) is 2.51. The second-order valence-electron chi connectivity index (χ2n) is 2.84. The number of thiophene rings is 1. The second-order valence-corrected chi connectivity index (χ2v) is 4.12. The van der Waals surface area contributed by atoms with Crippen molar-refractivity contribution in [2.45, 2.75) is 13.0 Å². The Hall–Kier alpha value is -0.710. The van der Waals surface area contributed by atoms with E-state index in [0.29, 0.717) is 4.88 Å². The van der Waals surface area contributed by atoms with Crippen molar-refractivity contribution in [1.29, 1.82) is 0 Å². The fourth-order valence-corrected chi connectivity index (χ4v) is 1.88. The van der Waals surface area contributed by atoms with E-state index in [4.69, 9.17) is 10.5 Å². The lowest BCUT2D eigenvalue weighted by Gasteiger charge is -2.06. The maximum absolute atomic E-state index is 11.6. The minimum absolute atomic E-state index is 0.0417. The molecule has 1 unspecified atom stereocenters. The van der Waals surface area contributed by atoms with Gasteiger partial charge in [-0.2, -0.15) is 0 Å². The van der Waals surface area contributed by atoms with Gasteiger partial charge in [0.2, 0.25) is 0 Å². The molecule has 1 heterocycles. The van der Waals surface area contributed by atoms with E-state index in [-0.39, 0.29) is 12.4 Å². The van der Waals surface area contributed by atoms with Crippen LogP contribution in [0.25, 0.3) is 0 Å². The lowest BCUT2D eigenvalue weighted by atomic mass is 10.2. The van der Waals surface area contributed by atoms with Gasteiger partial charge in [0.05, 0.1) is 17.5 Å². The van der Waals surface area contributed by atoms with Crippen LogP contribution in [-0.4, -0.2) is 25.5 Å². The molecule has 0 aliphatic carbocycles. The van der Waals surface area contributed by atoms with Crippen LogP contribution in [-0.2, 0) is 4.74 Å². The minimum atomic E-state index is -0.539. The van der Waals surface area contributed by atoms with Crippen molar-refractivity contribution in [1.82, 2.24) is 0 Å². The first-order valence-corrected chi connectivity index (χ1v) is 4.82. The first-order valence-electron chi connectivity index (χ1n) is 4.00. The molecule has 0 aromatic carbocycles. The normalized spacial score (nSPS) is 12.8. The van der Waals surface area contributed by atoms with Crippen molar-refractivity contribution < 1.29 is 9.53 Å². The molecule has 0 aliphatic heterocycles. The fraction of sp³-hybridized carbons (Fsp3) is 0.444. The molecule has 72 valence electrons. The van der Waals surface area contributed by atoms with Crippen LogP contribution < -0.4 is 5.73 Å². The third kappa shape index (κ3) is 2.62. The van der Waals surface area contributed by atoms with Crippen LogP contribution in [0.5, 0.6) is 0 Å². The summed E-state index contributed by atoms with van der Waals surface area (Å²) in [4.78, 5) is 13.4. The van der Waals surface area contributed by atoms with Crippen LogP contribution in [0.1, 0.15) is 14.5 Å². The van der Waals surface area contributed by atoms with Gasteiger partial charge in [-0.15, -0.1) is 11.3 Å². The third-order valence-corrected chi connectivity index (χ3v) is 2.68. The van der Waals surface area contributed by atoms with Gasteiger partial charge in [-0.3, -0.25) is 4.79 Å². The predicted octanol–water partition coefficient (Wildman–Crippen LogP) is 1.21. The molecule has 1 rings (SSSR count). The molecule has 0 fully saturated rings. The summed E-state index contributed by atoms with van der Waals surface area (Å²) in [7, 11) is 1.53. The van der Waals surface area contributed by atoms with E-state index in [1.165, 1.54) is 18.4 Å². The number of carbonyl (C=O) groups is 1. The average molecular weight is 199 g/mol. The van der Waals surface area contributed by atoms with Crippen molar-refractivity contribution in [3.05, 3.63) is 21.9 Å². The van der Waals surface area contributed by atoms with Gasteiger partial charge in [-0.05, 0) is 19.1 Å². The summed E-state index contributed by atoms with van der Waals surface area (Å²) in [5.41, 5.74) is 5.60. The summed E-state index contributed by atoms with van der Waals surface area (Å²) in [6.45, 7) is 2.24. The first-order chi connectivity index (χ1) is 6.15. The van der Waals surface area contributed by atoms with Gasteiger partial charge >= 0.3 is 0 Å². The number of hydrogen-bond donors (Lipinski definition) is 1. The maximum Gasteiger partial charge on any atom is 0.191 e. The summed E-state index contributed by atoms with van der Waals surface area (Å²) in [6, 6.07) is 3.18. The van der Waals surface area contributed by atoms with Gasteiger partial charge in [-0.25, -0.2) is 0 Å². The molecule has 0 radical (unpaired) electrons. The number of Topliss-reactive ketones (excluding diaryl/α,β-unsaturated/α-hetero) is 1. The Labute approximate surface area is 81.5 Å². The Morgan fingerprint density at radius 3 is 2.85 bits per heavy atom. The van der Waals surface area contributed by atoms with E-state index in [0.717, 1.165) is 4.88 Å². The van der Waals surface area contributed by atoms with Crippen molar-refractivity contribution in [2.75, 3.05) is 13.7 Å². The number of ketones is 1. The SMILES string of the molecule is COCC(N)C(=O)c1ccc(C)s1. The molecule has 4 heteroatoms.